The van der Waals surface area contributed by atoms with Crippen molar-refractivity contribution in [2.75, 3.05) is 16.9 Å². The third kappa shape index (κ3) is 3.10. The molecule has 102 valence electrons. The number of nitrogens with one attached hydrogen (secondary N) is 1. The number of aryl methyl sites for hydroxylation is 1. The Morgan fingerprint density at radius 2 is 1.94 bits per heavy atom. The van der Waals surface area contributed by atoms with Crippen LogP contribution in [-0.2, 0) is 6.42 Å². The van der Waals surface area contributed by atoms with E-state index in [1.165, 1.54) is 0 Å². The number of nitrogen functional groups attached to an aromatic ring is 1. The van der Waals surface area contributed by atoms with Gasteiger partial charge in [-0.1, -0.05) is 6.92 Å². The summed E-state index contributed by atoms with van der Waals surface area (Å²) in [6.07, 6.45) is 1.90. The quantitative estimate of drug-likeness (QED) is 0.599. The molecule has 3 N–H and O–H groups in total. The number of hydrogen-bond donors (Lipinski definition) is 2. The number of nitrogens with two attached hydrogens (primary N) is 1. The predicted molar refractivity (Wildman–Crippen MR) is 76.7 cm³/mol. The fourth-order valence-electron chi connectivity index (χ4n) is 2.06. The van der Waals surface area contributed by atoms with Crippen molar-refractivity contribution in [3.05, 3.63) is 11.4 Å². The maximum absolute atomic E-state index is 5.54. The molecule has 0 atom stereocenters. The summed E-state index contributed by atoms with van der Waals surface area (Å²) in [5.74, 6) is 8.11. The van der Waals surface area contributed by atoms with Crippen LogP contribution in [0.25, 0.3) is 0 Å². The lowest BCUT2D eigenvalue weighted by molar-refractivity contribution is 0.683. The Kier molecular flexibility index (Phi) is 5.34. The summed E-state index contributed by atoms with van der Waals surface area (Å²) in [4.78, 5) is 11.4. The molecule has 0 aliphatic rings. The normalized spacial score (nSPS) is 10.8. The van der Waals surface area contributed by atoms with Gasteiger partial charge in [0.2, 0.25) is 0 Å². The van der Waals surface area contributed by atoms with Crippen molar-refractivity contribution < 1.29 is 0 Å². The zero-order chi connectivity index (χ0) is 13.7. The van der Waals surface area contributed by atoms with Crippen LogP contribution in [0.4, 0.5) is 11.6 Å². The van der Waals surface area contributed by atoms with E-state index in [2.05, 4.69) is 48.0 Å². The lowest BCUT2D eigenvalue weighted by Gasteiger charge is -2.28. The van der Waals surface area contributed by atoms with Gasteiger partial charge in [-0.3, -0.25) is 0 Å². The Morgan fingerprint density at radius 3 is 2.39 bits per heavy atom. The molecule has 0 radical (unpaired) electrons. The fraction of sp³-hybridized carbons (Fsp3) is 0.692. The summed E-state index contributed by atoms with van der Waals surface area (Å²) in [6, 6.07) is 0.406. The molecule has 0 spiro atoms. The third-order valence-electron chi connectivity index (χ3n) is 3.01. The Balaban J connectivity index is 3.26. The van der Waals surface area contributed by atoms with Crippen molar-refractivity contribution >= 4 is 11.6 Å². The number of anilines is 2. The second-order valence-corrected chi connectivity index (χ2v) is 4.71. The molecular formula is C13H25N5. The van der Waals surface area contributed by atoms with Crippen LogP contribution in [0, 0.1) is 6.92 Å². The van der Waals surface area contributed by atoms with E-state index < -0.39 is 0 Å². The number of hydrogen-bond acceptors (Lipinski definition) is 5. The van der Waals surface area contributed by atoms with E-state index in [0.29, 0.717) is 6.04 Å². The van der Waals surface area contributed by atoms with E-state index >= 15 is 0 Å². The van der Waals surface area contributed by atoms with Crippen molar-refractivity contribution in [2.24, 2.45) is 5.84 Å². The SMILES string of the molecule is CCCc1nc(NN)c(C)c(N(CC)C(C)C)n1. The van der Waals surface area contributed by atoms with Crippen LogP contribution >= 0.6 is 0 Å². The molecule has 0 aromatic carbocycles. The minimum absolute atomic E-state index is 0.406. The summed E-state index contributed by atoms with van der Waals surface area (Å²) in [5.41, 5.74) is 3.68. The first-order valence-electron chi connectivity index (χ1n) is 6.65. The highest BCUT2D eigenvalue weighted by molar-refractivity contribution is 5.58. The highest BCUT2D eigenvalue weighted by atomic mass is 15.3. The van der Waals surface area contributed by atoms with E-state index in [0.717, 1.165) is 42.4 Å². The summed E-state index contributed by atoms with van der Waals surface area (Å²) in [5, 5.41) is 0. The molecule has 0 aliphatic heterocycles. The zero-order valence-electron chi connectivity index (χ0n) is 12.1. The topological polar surface area (TPSA) is 67.1 Å². The Labute approximate surface area is 110 Å². The second kappa shape index (κ2) is 6.54. The Hall–Kier alpha value is -1.36. The van der Waals surface area contributed by atoms with Gasteiger partial charge in [0.05, 0.1) is 0 Å². The van der Waals surface area contributed by atoms with E-state index in [-0.39, 0.29) is 0 Å². The number of nitrogens with zero attached hydrogens (tertiary/aromatic N) is 3. The van der Waals surface area contributed by atoms with Crippen LogP contribution in [0.2, 0.25) is 0 Å². The Morgan fingerprint density at radius 1 is 1.28 bits per heavy atom. The molecule has 18 heavy (non-hydrogen) atoms. The minimum Gasteiger partial charge on any atom is -0.354 e. The molecule has 1 heterocycles. The maximum Gasteiger partial charge on any atom is 0.148 e. The van der Waals surface area contributed by atoms with E-state index in [1.807, 2.05) is 6.92 Å². The molecule has 5 heteroatoms. The average Bonchev–Trinajstić information content (AvgIpc) is 2.33. The molecule has 0 bridgehead atoms. The Bertz CT molecular complexity index is 389. The van der Waals surface area contributed by atoms with Crippen molar-refractivity contribution in [2.45, 2.75) is 53.5 Å². The van der Waals surface area contributed by atoms with Gasteiger partial charge in [-0.25, -0.2) is 15.8 Å². The highest BCUT2D eigenvalue weighted by Crippen LogP contribution is 2.24. The molecule has 0 aliphatic carbocycles. The minimum atomic E-state index is 0.406. The maximum atomic E-state index is 5.54. The van der Waals surface area contributed by atoms with Gasteiger partial charge in [-0.15, -0.1) is 0 Å². The zero-order valence-corrected chi connectivity index (χ0v) is 12.1. The van der Waals surface area contributed by atoms with Gasteiger partial charge in [0.1, 0.15) is 17.5 Å². The first-order chi connectivity index (χ1) is 8.54. The summed E-state index contributed by atoms with van der Waals surface area (Å²) < 4.78 is 0. The first-order valence-corrected chi connectivity index (χ1v) is 6.65. The molecule has 5 nitrogen and oxygen atoms in total. The molecule has 1 aromatic rings. The predicted octanol–water partition coefficient (Wildman–Crippen LogP) is 2.26. The lowest BCUT2D eigenvalue weighted by Crippen LogP contribution is -2.32. The van der Waals surface area contributed by atoms with Gasteiger partial charge >= 0.3 is 0 Å². The van der Waals surface area contributed by atoms with E-state index in [4.69, 9.17) is 5.84 Å². The molecule has 0 unspecified atom stereocenters. The van der Waals surface area contributed by atoms with Gasteiger partial charge in [-0.2, -0.15) is 0 Å². The van der Waals surface area contributed by atoms with Crippen LogP contribution in [0.15, 0.2) is 0 Å². The lowest BCUT2D eigenvalue weighted by atomic mass is 10.2. The largest absolute Gasteiger partial charge is 0.354 e. The van der Waals surface area contributed by atoms with Crippen LogP contribution in [0.1, 0.15) is 45.5 Å². The van der Waals surface area contributed by atoms with Gasteiger partial charge in [-0.05, 0) is 34.1 Å². The van der Waals surface area contributed by atoms with Crippen LogP contribution in [0.3, 0.4) is 0 Å². The van der Waals surface area contributed by atoms with Gasteiger partial charge in [0, 0.05) is 24.6 Å². The number of rotatable bonds is 6. The number of aromatic nitrogens is 2. The average molecular weight is 251 g/mol. The molecule has 0 saturated heterocycles. The van der Waals surface area contributed by atoms with Gasteiger partial charge < -0.3 is 10.3 Å². The van der Waals surface area contributed by atoms with Crippen molar-refractivity contribution in [1.82, 2.24) is 9.97 Å². The van der Waals surface area contributed by atoms with Crippen molar-refractivity contribution in [1.29, 1.82) is 0 Å². The third-order valence-corrected chi connectivity index (χ3v) is 3.01. The first kappa shape index (κ1) is 14.7. The monoisotopic (exact) mass is 251 g/mol. The van der Waals surface area contributed by atoms with Gasteiger partial charge in [0.25, 0.3) is 0 Å². The van der Waals surface area contributed by atoms with Crippen LogP contribution in [0.5, 0.6) is 0 Å². The molecule has 0 saturated carbocycles. The molecule has 0 amide bonds. The van der Waals surface area contributed by atoms with E-state index in [9.17, 15) is 0 Å². The van der Waals surface area contributed by atoms with Crippen LogP contribution in [-0.4, -0.2) is 22.6 Å². The standard InChI is InChI=1S/C13H25N5/c1-6-8-11-15-12(17-14)10(5)13(16-11)18(7-2)9(3)4/h9H,6-8,14H2,1-5H3,(H,15,16,17). The van der Waals surface area contributed by atoms with Crippen molar-refractivity contribution in [3.63, 3.8) is 0 Å². The molecular weight excluding hydrogens is 226 g/mol. The summed E-state index contributed by atoms with van der Waals surface area (Å²) in [6.45, 7) is 11.5. The van der Waals surface area contributed by atoms with E-state index in [1.54, 1.807) is 0 Å². The second-order valence-electron chi connectivity index (χ2n) is 4.71. The smallest absolute Gasteiger partial charge is 0.148 e. The molecule has 1 aromatic heterocycles. The van der Waals surface area contributed by atoms with Crippen LogP contribution < -0.4 is 16.2 Å². The number of hydrazine groups is 1. The fourth-order valence-corrected chi connectivity index (χ4v) is 2.06. The molecule has 1 rings (SSSR count). The summed E-state index contributed by atoms with van der Waals surface area (Å²) in [7, 11) is 0. The highest BCUT2D eigenvalue weighted by Gasteiger charge is 2.17. The molecule has 0 fully saturated rings. The van der Waals surface area contributed by atoms with Gasteiger partial charge in [0.15, 0.2) is 0 Å². The van der Waals surface area contributed by atoms with Crippen molar-refractivity contribution in [3.8, 4) is 0 Å². The summed E-state index contributed by atoms with van der Waals surface area (Å²) >= 11 is 0.